The van der Waals surface area contributed by atoms with Crippen molar-refractivity contribution in [3.63, 3.8) is 0 Å². The van der Waals surface area contributed by atoms with Crippen LogP contribution in [0, 0.1) is 17.2 Å². The van der Waals surface area contributed by atoms with E-state index < -0.39 is 5.91 Å². The minimum Gasteiger partial charge on any atom is -0.376 e. The van der Waals surface area contributed by atoms with Crippen molar-refractivity contribution in [3.05, 3.63) is 54.2 Å². The number of carbonyl (C=O) groups excluding carboxylic acids is 1. The van der Waals surface area contributed by atoms with Gasteiger partial charge in [-0.05, 0) is 31.4 Å². The molecule has 4 aromatic rings. The van der Waals surface area contributed by atoms with Gasteiger partial charge in [-0.15, -0.1) is 0 Å². The van der Waals surface area contributed by atoms with Crippen molar-refractivity contribution in [2.45, 2.75) is 32.9 Å². The minimum atomic E-state index is -0.567. The molecule has 1 aliphatic heterocycles. The van der Waals surface area contributed by atoms with E-state index in [1.165, 1.54) is 6.20 Å². The van der Waals surface area contributed by atoms with Gasteiger partial charge in [-0.2, -0.15) is 15.5 Å². The Balaban J connectivity index is 1.49. The maximum Gasteiger partial charge on any atom is 0.252 e. The molecule has 1 aliphatic rings. The first-order chi connectivity index (χ1) is 17.0. The van der Waals surface area contributed by atoms with Crippen molar-refractivity contribution >= 4 is 23.1 Å². The number of nitrogens with two attached hydrogens (primary N) is 1. The van der Waals surface area contributed by atoms with Crippen molar-refractivity contribution in [2.75, 3.05) is 23.3 Å². The normalized spacial score (nSPS) is 17.6. The van der Waals surface area contributed by atoms with Crippen LogP contribution >= 0.6 is 0 Å². The van der Waals surface area contributed by atoms with Crippen LogP contribution in [-0.2, 0) is 6.54 Å². The Morgan fingerprint density at radius 1 is 1.20 bits per heavy atom. The summed E-state index contributed by atoms with van der Waals surface area (Å²) >= 11 is 0. The molecule has 5 heterocycles. The van der Waals surface area contributed by atoms with Crippen LogP contribution in [0.1, 0.15) is 36.2 Å². The number of carbonyl (C=O) groups is 1. The number of amides is 1. The number of anilines is 2. The van der Waals surface area contributed by atoms with E-state index in [9.17, 15) is 4.79 Å². The number of nitrogens with one attached hydrogen (secondary N) is 1. The van der Waals surface area contributed by atoms with E-state index in [2.05, 4.69) is 38.4 Å². The van der Waals surface area contributed by atoms with Crippen molar-refractivity contribution in [1.82, 2.24) is 29.4 Å². The Morgan fingerprint density at radius 3 is 2.71 bits per heavy atom. The quantitative estimate of drug-likeness (QED) is 0.419. The highest BCUT2D eigenvalue weighted by atomic mass is 16.1. The van der Waals surface area contributed by atoms with Crippen molar-refractivity contribution in [3.8, 4) is 17.3 Å². The van der Waals surface area contributed by atoms with Gasteiger partial charge in [-0.25, -0.2) is 14.5 Å². The van der Waals surface area contributed by atoms with Crippen LogP contribution < -0.4 is 16.0 Å². The molecule has 0 radical (unpaired) electrons. The number of imidazole rings is 1. The molecule has 2 atom stereocenters. The SMILES string of the molecule is CC[C@@H]1CN(c2ccc(C#N)cn2)C[C@H]1Nc1c(C(N)=O)cnn2cc(-c3cnn(CC)c3)nc12. The summed E-state index contributed by atoms with van der Waals surface area (Å²) in [6.45, 7) is 6.41. The van der Waals surface area contributed by atoms with Gasteiger partial charge in [-0.3, -0.25) is 9.48 Å². The smallest absolute Gasteiger partial charge is 0.252 e. The third kappa shape index (κ3) is 4.14. The number of fused-ring (bicyclic) bond motifs is 1. The molecule has 1 saturated heterocycles. The van der Waals surface area contributed by atoms with Crippen LogP contribution in [0.3, 0.4) is 0 Å². The Hall–Kier alpha value is -4.46. The summed E-state index contributed by atoms with van der Waals surface area (Å²) in [6, 6.07) is 5.77. The predicted molar refractivity (Wildman–Crippen MR) is 131 cm³/mol. The second-order valence-electron chi connectivity index (χ2n) is 8.62. The molecule has 1 amide bonds. The predicted octanol–water partition coefficient (Wildman–Crippen LogP) is 2.31. The molecule has 0 spiro atoms. The zero-order valence-corrected chi connectivity index (χ0v) is 19.6. The number of pyridine rings is 1. The van der Waals surface area contributed by atoms with E-state index in [0.717, 1.165) is 30.9 Å². The summed E-state index contributed by atoms with van der Waals surface area (Å²) in [4.78, 5) is 23.7. The summed E-state index contributed by atoms with van der Waals surface area (Å²) in [7, 11) is 0. The lowest BCUT2D eigenvalue weighted by Gasteiger charge is -2.21. The highest BCUT2D eigenvalue weighted by Crippen LogP contribution is 2.31. The third-order valence-corrected chi connectivity index (χ3v) is 6.51. The van der Waals surface area contributed by atoms with E-state index in [1.54, 1.807) is 23.0 Å². The summed E-state index contributed by atoms with van der Waals surface area (Å²) in [6.07, 6.45) is 9.51. The fourth-order valence-corrected chi connectivity index (χ4v) is 4.53. The maximum absolute atomic E-state index is 12.3. The first kappa shape index (κ1) is 22.3. The molecule has 11 heteroatoms. The van der Waals surface area contributed by atoms with E-state index in [4.69, 9.17) is 16.0 Å². The number of hydrogen-bond donors (Lipinski definition) is 2. The van der Waals surface area contributed by atoms with Gasteiger partial charge in [0.1, 0.15) is 11.9 Å². The lowest BCUT2D eigenvalue weighted by molar-refractivity contribution is 0.100. The number of nitrogens with zero attached hydrogens (tertiary/aromatic N) is 8. The summed E-state index contributed by atoms with van der Waals surface area (Å²) in [5.41, 5.74) is 9.22. The van der Waals surface area contributed by atoms with E-state index >= 15 is 0 Å². The molecule has 11 nitrogen and oxygen atoms in total. The van der Waals surface area contributed by atoms with Crippen LogP contribution in [0.15, 0.2) is 43.1 Å². The third-order valence-electron chi connectivity index (χ3n) is 6.51. The zero-order valence-electron chi connectivity index (χ0n) is 19.6. The van der Waals surface area contributed by atoms with Crippen molar-refractivity contribution in [2.24, 2.45) is 11.7 Å². The second kappa shape index (κ2) is 9.06. The van der Waals surface area contributed by atoms with Gasteiger partial charge < -0.3 is 16.0 Å². The fourth-order valence-electron chi connectivity index (χ4n) is 4.53. The van der Waals surface area contributed by atoms with Gasteiger partial charge in [0.25, 0.3) is 5.91 Å². The molecule has 0 saturated carbocycles. The maximum atomic E-state index is 12.3. The average molecular weight is 471 g/mol. The van der Waals surface area contributed by atoms with Gasteiger partial charge in [0.05, 0.1) is 41.1 Å². The number of hydrogen-bond acceptors (Lipinski definition) is 8. The van der Waals surface area contributed by atoms with E-state index in [-0.39, 0.29) is 6.04 Å². The summed E-state index contributed by atoms with van der Waals surface area (Å²) < 4.78 is 3.49. The number of nitriles is 1. The first-order valence-corrected chi connectivity index (χ1v) is 11.6. The molecule has 1 fully saturated rings. The average Bonchev–Trinajstić information content (AvgIpc) is 3.61. The Morgan fingerprint density at radius 2 is 2.06 bits per heavy atom. The van der Waals surface area contributed by atoms with Crippen LogP contribution in [0.2, 0.25) is 0 Å². The van der Waals surface area contributed by atoms with E-state index in [0.29, 0.717) is 40.6 Å². The van der Waals surface area contributed by atoms with Crippen LogP contribution in [0.5, 0.6) is 0 Å². The van der Waals surface area contributed by atoms with Gasteiger partial charge in [0.15, 0.2) is 5.65 Å². The topological polar surface area (TPSA) is 143 Å². The molecular formula is C24H26N10O. The molecular weight excluding hydrogens is 444 g/mol. The fraction of sp³-hybridized carbons (Fsp3) is 0.333. The standard InChI is InChI=1S/C24H26N10O/c1-3-16-11-32(21-6-5-15(7-25)8-27-21)13-19(16)30-22-18(23(26)35)10-29-34-14-20(31-24(22)34)17-9-28-33(4-2)12-17/h5-6,8-10,12,14,16,19,30H,3-4,11,13H2,1-2H3,(H2,26,35)/t16-,19-/m1/s1. The van der Waals surface area contributed by atoms with Gasteiger partial charge in [0.2, 0.25) is 0 Å². The summed E-state index contributed by atoms with van der Waals surface area (Å²) in [5, 5.41) is 21.3. The van der Waals surface area contributed by atoms with Crippen LogP contribution in [-0.4, -0.2) is 54.4 Å². The number of rotatable bonds is 7. The van der Waals surface area contributed by atoms with Crippen LogP contribution in [0.4, 0.5) is 11.5 Å². The largest absolute Gasteiger partial charge is 0.376 e. The van der Waals surface area contributed by atoms with Crippen LogP contribution in [0.25, 0.3) is 16.9 Å². The molecule has 0 aliphatic carbocycles. The Kier molecular flexibility index (Phi) is 5.78. The van der Waals surface area contributed by atoms with Crippen molar-refractivity contribution in [1.29, 1.82) is 5.26 Å². The molecule has 0 aromatic carbocycles. The lowest BCUT2D eigenvalue weighted by atomic mass is 10.0. The van der Waals surface area contributed by atoms with Gasteiger partial charge in [0, 0.05) is 43.6 Å². The number of aromatic nitrogens is 6. The molecule has 0 unspecified atom stereocenters. The molecule has 0 bridgehead atoms. The van der Waals surface area contributed by atoms with Crippen molar-refractivity contribution < 1.29 is 4.79 Å². The van der Waals surface area contributed by atoms with Gasteiger partial charge in [-0.1, -0.05) is 6.92 Å². The second-order valence-corrected chi connectivity index (χ2v) is 8.62. The highest BCUT2D eigenvalue weighted by molar-refractivity contribution is 6.01. The monoisotopic (exact) mass is 470 g/mol. The highest BCUT2D eigenvalue weighted by Gasteiger charge is 2.33. The lowest BCUT2D eigenvalue weighted by Crippen LogP contribution is -2.30. The minimum absolute atomic E-state index is 0.0322. The number of aryl methyl sites for hydroxylation is 1. The molecule has 3 N–H and O–H groups in total. The Bertz CT molecular complexity index is 1410. The Labute approximate surface area is 202 Å². The van der Waals surface area contributed by atoms with Gasteiger partial charge >= 0.3 is 0 Å². The molecule has 5 rings (SSSR count). The number of primary amides is 1. The molecule has 4 aromatic heterocycles. The molecule has 35 heavy (non-hydrogen) atoms. The molecule has 178 valence electrons. The first-order valence-electron chi connectivity index (χ1n) is 11.6. The van der Waals surface area contributed by atoms with E-state index in [1.807, 2.05) is 30.1 Å². The zero-order chi connectivity index (χ0) is 24.5. The summed E-state index contributed by atoms with van der Waals surface area (Å²) in [5.74, 6) is 0.555.